The molecule has 0 aromatic heterocycles. The maximum absolute atomic E-state index is 14.8. The van der Waals surface area contributed by atoms with Crippen LogP contribution in [0, 0.1) is 151 Å². The van der Waals surface area contributed by atoms with Crippen LogP contribution in [0.3, 0.4) is 0 Å². The molecule has 2 aromatic rings. The van der Waals surface area contributed by atoms with E-state index in [0.29, 0.717) is 31.1 Å². The lowest BCUT2D eigenvalue weighted by atomic mass is 9.33. The van der Waals surface area contributed by atoms with Gasteiger partial charge in [-0.15, -0.1) is 0 Å². The molecule has 0 saturated heterocycles. The van der Waals surface area contributed by atoms with Gasteiger partial charge in [0.15, 0.2) is 17.3 Å². The van der Waals surface area contributed by atoms with Crippen molar-refractivity contribution in [3.63, 3.8) is 0 Å². The number of aliphatic carboxylic acids is 2. The zero-order valence-corrected chi connectivity index (χ0v) is 92.6. The van der Waals surface area contributed by atoms with Crippen molar-refractivity contribution in [2.45, 2.75) is 389 Å². The third kappa shape index (κ3) is 20.2. The van der Waals surface area contributed by atoms with Gasteiger partial charge in [-0.2, -0.15) is 0 Å². The van der Waals surface area contributed by atoms with Crippen molar-refractivity contribution in [1.29, 1.82) is 0 Å². The number of halogens is 1. The lowest BCUT2D eigenvalue weighted by Crippen LogP contribution is -2.67. The van der Waals surface area contributed by atoms with Crippen molar-refractivity contribution < 1.29 is 102 Å². The first-order chi connectivity index (χ1) is 68.0. The van der Waals surface area contributed by atoms with Gasteiger partial charge in [-0.05, 0) is 340 Å². The summed E-state index contributed by atoms with van der Waals surface area (Å²) >= 11 is 0. The average Bonchev–Trinajstić information content (AvgIpc) is 0.678. The summed E-state index contributed by atoms with van der Waals surface area (Å²) < 4.78 is 41.0. The highest BCUT2D eigenvalue weighted by Crippen LogP contribution is 2.80. The maximum atomic E-state index is 14.8. The number of rotatable bonds is 18. The zero-order valence-electron chi connectivity index (χ0n) is 93.6. The van der Waals surface area contributed by atoms with E-state index in [1.807, 2.05) is 73.7 Å². The monoisotopic (exact) mass is 2020 g/mol. The van der Waals surface area contributed by atoms with E-state index in [2.05, 4.69) is 166 Å². The molecule has 12 fully saturated rings. The first-order valence-electron chi connectivity index (χ1n) is 55.2. The molecule has 24 heteroatoms. The van der Waals surface area contributed by atoms with Crippen molar-refractivity contribution in [2.75, 3.05) is 35.6 Å². The number of aliphatic hydroxyl groups is 1. The molecule has 15 aliphatic rings. The normalized spacial score (nSPS) is 40.9. The first kappa shape index (κ1) is 114. The fraction of sp³-hybridized carbons (Fsp3) is 0.752. The molecule has 23 nitrogen and oxygen atoms in total. The summed E-state index contributed by atoms with van der Waals surface area (Å²) in [5, 5.41) is 31.7. The lowest BCUT2D eigenvalue weighted by Gasteiger charge is -2.70. The molecule has 145 heavy (non-hydrogen) atoms. The second-order valence-corrected chi connectivity index (χ2v) is 53.2. The van der Waals surface area contributed by atoms with Crippen LogP contribution < -0.4 is 16.4 Å². The van der Waals surface area contributed by atoms with E-state index in [4.69, 9.17) is 36.3 Å². The van der Waals surface area contributed by atoms with E-state index in [-0.39, 0.29) is 239 Å². The number of nitrogens with two attached hydrogens (primary N) is 1. The molecular formula is C121H180FN3O20. The largest absolute Gasteiger partial charge is 0.481 e. The number of fused-ring (bicyclic) bond motifs is 21. The van der Waals surface area contributed by atoms with E-state index >= 15 is 0 Å². The summed E-state index contributed by atoms with van der Waals surface area (Å²) in [5.41, 5.74) is 9.30. The number of carbonyl (C=O) groups excluding carboxylic acids is 10. The van der Waals surface area contributed by atoms with E-state index in [1.54, 1.807) is 0 Å². The third-order valence-corrected chi connectivity index (χ3v) is 44.8. The summed E-state index contributed by atoms with van der Waals surface area (Å²) in [7, 11) is 3.90. The molecule has 27 atom stereocenters. The van der Waals surface area contributed by atoms with Gasteiger partial charge < -0.3 is 55.4 Å². The number of ketones is 3. The van der Waals surface area contributed by atoms with Crippen molar-refractivity contribution in [3.8, 4) is 0 Å². The first-order valence-corrected chi connectivity index (χ1v) is 54.5. The molecule has 806 valence electrons. The second-order valence-electron chi connectivity index (χ2n) is 53.2. The van der Waals surface area contributed by atoms with Gasteiger partial charge in [0.25, 0.3) is 0 Å². The van der Waals surface area contributed by atoms with Crippen LogP contribution in [0.25, 0.3) is 0 Å². The van der Waals surface area contributed by atoms with Crippen molar-refractivity contribution in [3.05, 3.63) is 107 Å². The van der Waals surface area contributed by atoms with Gasteiger partial charge in [0, 0.05) is 55.8 Å². The number of esters is 5. The number of methoxy groups -OCH3 is 3. The Bertz CT molecular complexity index is 5320. The van der Waals surface area contributed by atoms with Gasteiger partial charge in [-0.3, -0.25) is 61.9 Å². The molecule has 2 aromatic carbocycles. The minimum Gasteiger partial charge on any atom is -0.481 e. The Kier molecular flexibility index (Phi) is 33.1. The Balaban J connectivity index is 0.000000183. The minimum atomic E-state index is -1.00. The Labute approximate surface area is 866 Å². The predicted octanol–water partition coefficient (Wildman–Crippen LogP) is 22.9. The Morgan fingerprint density at radius 3 is 0.966 bits per heavy atom. The number of allylic oxidation sites excluding steroid dienone is 6. The van der Waals surface area contributed by atoms with Crippen LogP contribution in [-0.2, 0) is 94.4 Å². The number of amides is 2. The SMILES string of the molecule is CC1(C)[C@@H](N)CC[C@]2(C)[C@H]3C(=O)C=C4[C@@H]5C[C@@](C)(C(=O)OCc6ccccc6)CC[C@]5(C)CC[C@@]4(C)[C@]3(C)CC[C@@H]12.CO.COC(=O)CCC(=O)N[C@H]1CC[C@]2(C)[C@H]3C(=O)C=C4[C@@H]5C[C@@](C)(C(=O)O)CC[C@]5(C)CC[C@@]4(C)[C@]3(C)CC[C@H]2C1(C)C.COC(=O)CCC(=O)N[C@H]1CC[C@]2(C)[C@H]3C(=O)C=C4[C@@H]5C[C@@](C)(C(=O)OCc6ccccc6)CC[C@]5(C)CC[C@@]4(C)[C@]3(C)CC[C@H]2C1(C)C.COC(=O)CCC(=O)O.[2H]CF. The van der Waals surface area contributed by atoms with Crippen molar-refractivity contribution in [1.82, 2.24) is 10.6 Å². The van der Waals surface area contributed by atoms with Crippen molar-refractivity contribution >= 4 is 70.9 Å². The summed E-state index contributed by atoms with van der Waals surface area (Å²) in [6, 6.07) is 20.0. The van der Waals surface area contributed by atoms with E-state index in [1.165, 1.54) is 38.0 Å². The topological polar surface area (TPSA) is 362 Å². The fourth-order valence-electron chi connectivity index (χ4n) is 34.9. The van der Waals surface area contributed by atoms with Crippen LogP contribution in [0.15, 0.2) is 95.6 Å². The lowest BCUT2D eigenvalue weighted by molar-refractivity contribution is -0.191. The number of alkyl halides is 1. The Morgan fingerprint density at radius 1 is 0.379 bits per heavy atom. The summed E-state index contributed by atoms with van der Waals surface area (Å²) in [6.45, 7) is 49.3. The minimum absolute atomic E-state index is 0.0163. The number of hydrogen-bond donors (Lipinski definition) is 6. The Morgan fingerprint density at radius 2 is 0.662 bits per heavy atom. The van der Waals surface area contributed by atoms with Crippen molar-refractivity contribution in [2.24, 2.45) is 156 Å². The molecule has 0 radical (unpaired) electrons. The van der Waals surface area contributed by atoms with Crippen LogP contribution in [0.1, 0.15) is 370 Å². The predicted molar refractivity (Wildman–Crippen MR) is 557 cm³/mol. The smallest absolute Gasteiger partial charge is 0.312 e. The van der Waals surface area contributed by atoms with Gasteiger partial charge in [-0.1, -0.05) is 202 Å². The molecule has 0 unspecified atom stereocenters. The number of ether oxygens (including phenoxy) is 5. The van der Waals surface area contributed by atoms with Gasteiger partial charge in [0.1, 0.15) is 13.2 Å². The highest BCUT2D eigenvalue weighted by atomic mass is 19.1. The van der Waals surface area contributed by atoms with Gasteiger partial charge in [-0.25, -0.2) is 0 Å². The van der Waals surface area contributed by atoms with Crippen LogP contribution in [-0.4, -0.2) is 140 Å². The number of nitrogens with one attached hydrogen (secondary N) is 2. The van der Waals surface area contributed by atoms with Crippen LogP contribution in [0.2, 0.25) is 0 Å². The van der Waals surface area contributed by atoms with Crippen LogP contribution >= 0.6 is 0 Å². The molecule has 12 saturated carbocycles. The summed E-state index contributed by atoms with van der Waals surface area (Å²) in [4.78, 5) is 153. The molecule has 0 spiro atoms. The number of carbonyl (C=O) groups is 12. The van der Waals surface area contributed by atoms with Gasteiger partial charge in [0.05, 0.1) is 71.8 Å². The van der Waals surface area contributed by atoms with Gasteiger partial charge in [0.2, 0.25) is 11.8 Å². The standard InChI is InChI=1S/C42H59NO6.C37H53NO3.C35H53NO6.C5H8O4.CH3F.CH4O/c1-37(2)31-16-19-42(7)35(40(31,5)18-17-32(37)43-33(45)14-15-34(46)48-8)30(44)24-28-29-25-39(4,21-20-38(29,3)22-23-41(28,42)6)36(47)49-26-27-12-10-9-11-13-27;1-32(2)28-13-16-37(7)30(35(28,5)15-14-29(32)38)27(39)21-25-26-22-34(4,18-17-33(26,3)19-20-36(25,37)6)31(40)41-23-24-11-9-8-10-12-24;1-30(2)24-11-14-35(7)28(33(24,5)13-12-25(30)36-26(38)9-10-27(39)42-8)23(37)19-21-22-20-32(4,29(40)41)16-15-31(22,3)17-18-34(21,35)6;1-9-5(8)3-2-4(6)7;2*1-2/h9-13,24,29,31-32,35H,14-23,25-26H2,1-8H3,(H,43,45);8-12,21,26,28-30H,13-20,22-23,38H2,1-7H3;19,22,24-25,28H,9-18,20H2,1-8H3,(H,36,38)(H,40,41);2-3H2,1H3,(H,6,7);1H3;2H,1H3/t29-,31-,32-,35+,38+,39-,40-,41+,42+;26-,28-,29-,30+,33+,34-,35-,36+,37+;22-,24-,25-,28+,31+,32-,33-,34+,35+;;;/m000.../s1/i;;;;1D;. The summed E-state index contributed by atoms with van der Waals surface area (Å²) in [6.07, 6.45) is 31.8. The number of benzene rings is 2. The molecule has 0 aliphatic heterocycles. The molecule has 7 N–H and O–H groups in total. The van der Waals surface area contributed by atoms with Gasteiger partial charge >= 0.3 is 41.8 Å². The van der Waals surface area contributed by atoms with Crippen LogP contribution in [0.4, 0.5) is 4.39 Å². The van der Waals surface area contributed by atoms with Crippen LogP contribution in [0.5, 0.6) is 0 Å². The molecule has 0 bridgehead atoms. The molecule has 15 aliphatic carbocycles. The molecule has 17 rings (SSSR count). The van der Waals surface area contributed by atoms with E-state index < -0.39 is 41.3 Å². The zero-order chi connectivity index (χ0) is 108. The number of carboxylic acid groups (broad SMARTS) is 2. The van der Waals surface area contributed by atoms with E-state index in [9.17, 15) is 67.0 Å². The molecule has 2 amide bonds. The third-order valence-electron chi connectivity index (χ3n) is 44.8. The number of carboxylic acids is 2. The quantitative estimate of drug-likeness (QED) is 0.0596. The maximum Gasteiger partial charge on any atom is 0.312 e. The highest BCUT2D eigenvalue weighted by molar-refractivity contribution is 5.98. The second kappa shape index (κ2) is 42.2. The molecule has 0 heterocycles. The summed E-state index contributed by atoms with van der Waals surface area (Å²) in [5.74, 6) is -1.21. The molecular weight excluding hydrogens is 1830 g/mol. The average molecular weight is 2020 g/mol. The highest BCUT2D eigenvalue weighted by Gasteiger charge is 2.75. The fourth-order valence-corrected chi connectivity index (χ4v) is 34.9. The Hall–Kier alpha value is -8.25. The number of aliphatic hydroxyl groups excluding tert-OH is 1. The number of hydrogen-bond acceptors (Lipinski definition) is 19. The van der Waals surface area contributed by atoms with E-state index in [0.717, 1.165) is 179 Å².